The van der Waals surface area contributed by atoms with Gasteiger partial charge in [-0.05, 0) is 24.3 Å². The fourth-order valence-electron chi connectivity index (χ4n) is 2.04. The maximum atomic E-state index is 11.0. The van der Waals surface area contributed by atoms with E-state index in [1.807, 2.05) is 48.5 Å². The first-order valence-electron chi connectivity index (χ1n) is 8.08. The zero-order valence-corrected chi connectivity index (χ0v) is 14.8. The van der Waals surface area contributed by atoms with E-state index in [0.717, 1.165) is 17.1 Å². The van der Waals surface area contributed by atoms with E-state index in [0.29, 0.717) is 25.4 Å². The van der Waals surface area contributed by atoms with Crippen molar-refractivity contribution >= 4 is 12.3 Å². The van der Waals surface area contributed by atoms with Gasteiger partial charge in [0.05, 0.1) is 33.6 Å². The van der Waals surface area contributed by atoms with Crippen molar-refractivity contribution in [3.63, 3.8) is 0 Å². The summed E-state index contributed by atoms with van der Waals surface area (Å²) in [5, 5.41) is 3.81. The lowest BCUT2D eigenvalue weighted by Crippen LogP contribution is -2.16. The molecule has 0 fully saturated rings. The van der Waals surface area contributed by atoms with Gasteiger partial charge in [-0.3, -0.25) is 0 Å². The van der Waals surface area contributed by atoms with E-state index in [2.05, 4.69) is 15.3 Å². The maximum Gasteiger partial charge on any atom is 0.427 e. The molecule has 2 aromatic carbocycles. The third-order valence-corrected chi connectivity index (χ3v) is 3.32. The number of hydrogen-bond donors (Lipinski definition) is 1. The number of benzene rings is 2. The molecule has 0 aliphatic rings. The third-order valence-electron chi connectivity index (χ3n) is 3.32. The third kappa shape index (κ3) is 6.35. The summed E-state index contributed by atoms with van der Waals surface area (Å²) in [5.41, 5.74) is 2.98. The highest BCUT2D eigenvalue weighted by Crippen LogP contribution is 2.19. The van der Waals surface area contributed by atoms with E-state index < -0.39 is 6.09 Å². The van der Waals surface area contributed by atoms with E-state index in [4.69, 9.17) is 14.2 Å². The number of para-hydroxylation sites is 1. The lowest BCUT2D eigenvalue weighted by molar-refractivity contribution is 0.171. The molecule has 0 aliphatic carbocycles. The highest BCUT2D eigenvalue weighted by molar-refractivity contribution is 5.84. The molecule has 2 aromatic rings. The number of rotatable bonds is 9. The Morgan fingerprint density at radius 2 is 1.81 bits per heavy atom. The first kappa shape index (κ1) is 19.1. The van der Waals surface area contributed by atoms with Crippen LogP contribution in [0.4, 0.5) is 4.79 Å². The Bertz CT molecular complexity index is 733. The molecule has 7 heteroatoms. The monoisotopic (exact) mass is 358 g/mol. The summed E-state index contributed by atoms with van der Waals surface area (Å²) in [4.78, 5) is 11.0. The van der Waals surface area contributed by atoms with E-state index in [-0.39, 0.29) is 0 Å². The summed E-state index contributed by atoms with van der Waals surface area (Å²) in [5.74, 6) is 2.18. The van der Waals surface area contributed by atoms with Crippen molar-refractivity contribution in [2.24, 2.45) is 5.10 Å². The molecule has 0 unspecified atom stereocenters. The van der Waals surface area contributed by atoms with Gasteiger partial charge in [0.25, 0.3) is 0 Å². The minimum atomic E-state index is -0.630. The van der Waals surface area contributed by atoms with Crippen LogP contribution in [0.15, 0.2) is 53.6 Å². The van der Waals surface area contributed by atoms with Crippen LogP contribution in [0.3, 0.4) is 0 Å². The standard InChI is InChI=1S/C19H22N2O5/c1-23-16-8-5-9-17(13-16)25-11-6-12-26-18-10-4-3-7-15(18)14-20-21-19(22)24-2/h3-5,7-10,13-14H,6,11-12H2,1-2H3,(H,21,22). The van der Waals surface area contributed by atoms with Crippen LogP contribution >= 0.6 is 0 Å². The Morgan fingerprint density at radius 3 is 2.62 bits per heavy atom. The quantitative estimate of drug-likeness (QED) is 0.423. The van der Waals surface area contributed by atoms with Crippen molar-refractivity contribution in [2.45, 2.75) is 6.42 Å². The van der Waals surface area contributed by atoms with Gasteiger partial charge in [-0.1, -0.05) is 18.2 Å². The first-order valence-corrected chi connectivity index (χ1v) is 8.08. The van der Waals surface area contributed by atoms with Gasteiger partial charge in [-0.2, -0.15) is 5.10 Å². The molecule has 0 saturated heterocycles. The molecule has 0 aromatic heterocycles. The Balaban J connectivity index is 1.77. The average molecular weight is 358 g/mol. The van der Waals surface area contributed by atoms with Crippen molar-refractivity contribution in [3.05, 3.63) is 54.1 Å². The summed E-state index contributed by atoms with van der Waals surface area (Å²) >= 11 is 0. The minimum Gasteiger partial charge on any atom is -0.497 e. The summed E-state index contributed by atoms with van der Waals surface area (Å²) in [6.45, 7) is 1.01. The van der Waals surface area contributed by atoms with Crippen LogP contribution < -0.4 is 19.6 Å². The minimum absolute atomic E-state index is 0.485. The SMILES string of the molecule is COC(=O)NN=Cc1ccccc1OCCCOc1cccc(OC)c1. The van der Waals surface area contributed by atoms with Gasteiger partial charge in [-0.15, -0.1) is 0 Å². The van der Waals surface area contributed by atoms with E-state index >= 15 is 0 Å². The van der Waals surface area contributed by atoms with E-state index in [1.165, 1.54) is 13.3 Å². The second-order valence-electron chi connectivity index (χ2n) is 5.13. The van der Waals surface area contributed by atoms with Gasteiger partial charge in [0.2, 0.25) is 0 Å². The molecule has 1 N–H and O–H groups in total. The Hall–Kier alpha value is -3.22. The lowest BCUT2D eigenvalue weighted by Gasteiger charge is -2.10. The number of methoxy groups -OCH3 is 2. The fraction of sp³-hybridized carbons (Fsp3) is 0.263. The van der Waals surface area contributed by atoms with Gasteiger partial charge in [0.1, 0.15) is 17.2 Å². The second-order valence-corrected chi connectivity index (χ2v) is 5.13. The van der Waals surface area contributed by atoms with E-state index in [1.54, 1.807) is 7.11 Å². The second kappa shape index (κ2) is 10.6. The number of carbonyl (C=O) groups excluding carboxylic acids is 1. The zero-order valence-electron chi connectivity index (χ0n) is 14.8. The van der Waals surface area contributed by atoms with Crippen LogP contribution in [0.5, 0.6) is 17.2 Å². The predicted molar refractivity (Wildman–Crippen MR) is 98.2 cm³/mol. The largest absolute Gasteiger partial charge is 0.497 e. The molecule has 26 heavy (non-hydrogen) atoms. The zero-order chi connectivity index (χ0) is 18.6. The van der Waals surface area contributed by atoms with Crippen LogP contribution in [0.2, 0.25) is 0 Å². The Labute approximate surface area is 152 Å². The Morgan fingerprint density at radius 1 is 1.04 bits per heavy atom. The molecule has 1 amide bonds. The molecule has 0 heterocycles. The first-order chi connectivity index (χ1) is 12.7. The number of nitrogens with one attached hydrogen (secondary N) is 1. The van der Waals surface area contributed by atoms with Gasteiger partial charge < -0.3 is 18.9 Å². The normalized spacial score (nSPS) is 10.4. The smallest absolute Gasteiger partial charge is 0.427 e. The van der Waals surface area contributed by atoms with Gasteiger partial charge >= 0.3 is 6.09 Å². The van der Waals surface area contributed by atoms with Crippen molar-refractivity contribution in [2.75, 3.05) is 27.4 Å². The molecule has 0 atom stereocenters. The lowest BCUT2D eigenvalue weighted by atomic mass is 10.2. The molecule has 0 spiro atoms. The number of amides is 1. The van der Waals surface area contributed by atoms with Crippen molar-refractivity contribution in [1.29, 1.82) is 0 Å². The van der Waals surface area contributed by atoms with Crippen LogP contribution in [0.1, 0.15) is 12.0 Å². The number of hydrogen-bond acceptors (Lipinski definition) is 6. The van der Waals surface area contributed by atoms with Crippen molar-refractivity contribution < 1.29 is 23.7 Å². The average Bonchev–Trinajstić information content (AvgIpc) is 2.68. The summed E-state index contributed by atoms with van der Waals surface area (Å²) in [6.07, 6.45) is 1.58. The van der Waals surface area contributed by atoms with Crippen LogP contribution in [-0.4, -0.2) is 39.7 Å². The van der Waals surface area contributed by atoms with Gasteiger partial charge in [0.15, 0.2) is 0 Å². The molecule has 0 saturated carbocycles. The van der Waals surface area contributed by atoms with Crippen LogP contribution in [-0.2, 0) is 4.74 Å². The fourth-order valence-corrected chi connectivity index (χ4v) is 2.04. The van der Waals surface area contributed by atoms with E-state index in [9.17, 15) is 4.79 Å². The predicted octanol–water partition coefficient (Wildman–Crippen LogP) is 3.23. The molecule has 7 nitrogen and oxygen atoms in total. The molecular formula is C19H22N2O5. The van der Waals surface area contributed by atoms with Gasteiger partial charge in [-0.25, -0.2) is 10.2 Å². The van der Waals surface area contributed by atoms with Crippen molar-refractivity contribution in [1.82, 2.24) is 5.43 Å². The van der Waals surface area contributed by atoms with Gasteiger partial charge in [0, 0.05) is 18.1 Å². The molecule has 0 bridgehead atoms. The van der Waals surface area contributed by atoms with Crippen molar-refractivity contribution in [3.8, 4) is 17.2 Å². The number of nitrogens with zero attached hydrogens (tertiary/aromatic N) is 1. The molecular weight excluding hydrogens is 336 g/mol. The maximum absolute atomic E-state index is 11.0. The topological polar surface area (TPSA) is 78.4 Å². The number of ether oxygens (including phenoxy) is 4. The molecule has 138 valence electrons. The number of hydrazone groups is 1. The highest BCUT2D eigenvalue weighted by Gasteiger charge is 2.02. The number of carbonyl (C=O) groups is 1. The summed E-state index contributed by atoms with van der Waals surface area (Å²) in [6, 6.07) is 14.9. The Kier molecular flexibility index (Phi) is 7.79. The summed E-state index contributed by atoms with van der Waals surface area (Å²) < 4.78 is 21.0. The van der Waals surface area contributed by atoms with Crippen LogP contribution in [0, 0.1) is 0 Å². The molecule has 2 rings (SSSR count). The molecule has 0 radical (unpaired) electrons. The highest BCUT2D eigenvalue weighted by atomic mass is 16.5. The van der Waals surface area contributed by atoms with Crippen LogP contribution in [0.25, 0.3) is 0 Å². The summed E-state index contributed by atoms with van der Waals surface area (Å²) in [7, 11) is 2.89. The molecule has 0 aliphatic heterocycles.